The highest BCUT2D eigenvalue weighted by molar-refractivity contribution is 5.67. The molecule has 0 aliphatic carbocycles. The average molecular weight is 431 g/mol. The van der Waals surface area contributed by atoms with Crippen LogP contribution in [0.15, 0.2) is 33.9 Å². The van der Waals surface area contributed by atoms with E-state index in [1.54, 1.807) is 4.90 Å². The van der Waals surface area contributed by atoms with Crippen molar-refractivity contribution in [3.63, 3.8) is 0 Å². The molecule has 0 radical (unpaired) electrons. The fraction of sp³-hybridized carbons (Fsp3) is 0.500. The van der Waals surface area contributed by atoms with Crippen molar-refractivity contribution in [1.82, 2.24) is 14.5 Å². The summed E-state index contributed by atoms with van der Waals surface area (Å²) in [5, 5.41) is 3.09. The Bertz CT molecular complexity index is 976. The Labute approximate surface area is 181 Å². The zero-order valence-electron chi connectivity index (χ0n) is 18.1. The third-order valence-corrected chi connectivity index (χ3v) is 5.30. The van der Waals surface area contributed by atoms with Gasteiger partial charge in [-0.1, -0.05) is 13.0 Å². The predicted octanol–water partition coefficient (Wildman–Crippen LogP) is 2.40. The van der Waals surface area contributed by atoms with Gasteiger partial charge in [0.15, 0.2) is 0 Å². The molecule has 2 heterocycles. The van der Waals surface area contributed by atoms with Crippen molar-refractivity contribution in [3.05, 3.63) is 56.2 Å². The van der Waals surface area contributed by atoms with E-state index in [1.165, 1.54) is 17.2 Å². The predicted molar refractivity (Wildman–Crippen MR) is 118 cm³/mol. The summed E-state index contributed by atoms with van der Waals surface area (Å²) in [7, 11) is 0. The molecule has 1 aromatic heterocycles. The number of hydrogen-bond donors (Lipinski definition) is 2. The molecule has 31 heavy (non-hydrogen) atoms. The molecule has 2 aromatic rings. The molecule has 9 heteroatoms. The molecule has 168 valence electrons. The number of aromatic amines is 1. The smallest absolute Gasteiger partial charge is 0.409 e. The minimum absolute atomic E-state index is 0.246. The molecule has 0 bridgehead atoms. The van der Waals surface area contributed by atoms with Gasteiger partial charge in [0, 0.05) is 31.4 Å². The number of amides is 1. The molecule has 9 nitrogen and oxygen atoms in total. The molecular weight excluding hydrogens is 400 g/mol. The molecule has 0 atom stereocenters. The van der Waals surface area contributed by atoms with E-state index >= 15 is 0 Å². The lowest BCUT2D eigenvalue weighted by Gasteiger charge is -2.25. The number of hydrogen-bond acceptors (Lipinski definition) is 6. The summed E-state index contributed by atoms with van der Waals surface area (Å²) in [6, 6.07) is 7.31. The van der Waals surface area contributed by atoms with E-state index in [9.17, 15) is 14.4 Å². The Hall–Kier alpha value is -3.07. The van der Waals surface area contributed by atoms with Crippen molar-refractivity contribution in [2.24, 2.45) is 0 Å². The van der Waals surface area contributed by atoms with Crippen LogP contribution in [0.4, 0.5) is 16.3 Å². The lowest BCUT2D eigenvalue weighted by molar-refractivity contribution is 0.0267. The minimum atomic E-state index is -0.469. The number of nitrogens with zero attached hydrogens (tertiary/aromatic N) is 2. The van der Waals surface area contributed by atoms with Crippen LogP contribution in [0.5, 0.6) is 0 Å². The van der Waals surface area contributed by atoms with Crippen LogP contribution >= 0.6 is 0 Å². The number of benzene rings is 1. The van der Waals surface area contributed by atoms with E-state index in [4.69, 9.17) is 9.47 Å². The van der Waals surface area contributed by atoms with Gasteiger partial charge in [-0.05, 0) is 49.4 Å². The lowest BCUT2D eigenvalue weighted by atomic mass is 10.1. The van der Waals surface area contributed by atoms with Gasteiger partial charge >= 0.3 is 11.8 Å². The molecule has 0 saturated carbocycles. The maximum absolute atomic E-state index is 12.4. The molecule has 2 N–H and O–H groups in total. The van der Waals surface area contributed by atoms with Crippen LogP contribution < -0.4 is 16.6 Å². The number of unbranched alkanes of at least 4 members (excludes halogenated alkanes) is 1. The van der Waals surface area contributed by atoms with Crippen LogP contribution in [0.25, 0.3) is 0 Å². The summed E-state index contributed by atoms with van der Waals surface area (Å²) in [6.07, 6.45) is 1.66. The molecule has 1 fully saturated rings. The van der Waals surface area contributed by atoms with Crippen LogP contribution in [-0.2, 0) is 22.4 Å². The van der Waals surface area contributed by atoms with Crippen LogP contribution in [-0.4, -0.2) is 53.5 Å². The summed E-state index contributed by atoms with van der Waals surface area (Å²) < 4.78 is 11.6. The standard InChI is InChI=1S/C22H30N4O5/c1-3-17-14-18(7-6-16(17)2)23-19-15-20(27)26(21(28)24-19)8-4-5-11-31-22(29)25-9-12-30-13-10-25/h6-7,14-15,23H,3-5,8-13H2,1-2H3,(H,24,28). The van der Waals surface area contributed by atoms with Crippen molar-refractivity contribution >= 4 is 17.6 Å². The molecule has 0 unspecified atom stereocenters. The van der Waals surface area contributed by atoms with Gasteiger partial charge in [0.1, 0.15) is 5.82 Å². The van der Waals surface area contributed by atoms with Gasteiger partial charge in [-0.2, -0.15) is 0 Å². The van der Waals surface area contributed by atoms with Gasteiger partial charge in [-0.25, -0.2) is 9.59 Å². The number of carbonyl (C=O) groups is 1. The monoisotopic (exact) mass is 430 g/mol. The molecular formula is C22H30N4O5. The highest BCUT2D eigenvalue weighted by Crippen LogP contribution is 2.18. The van der Waals surface area contributed by atoms with Crippen LogP contribution in [0.1, 0.15) is 30.9 Å². The third kappa shape index (κ3) is 6.21. The number of carbonyl (C=O) groups excluding carboxylic acids is 1. The van der Waals surface area contributed by atoms with Crippen molar-refractivity contribution in [2.75, 3.05) is 38.2 Å². The molecule has 1 aliphatic rings. The Morgan fingerprint density at radius 2 is 1.97 bits per heavy atom. The topological polar surface area (TPSA) is 106 Å². The van der Waals surface area contributed by atoms with Crippen molar-refractivity contribution in [3.8, 4) is 0 Å². The van der Waals surface area contributed by atoms with Gasteiger partial charge in [0.25, 0.3) is 5.56 Å². The molecule has 1 aliphatic heterocycles. The van der Waals surface area contributed by atoms with Gasteiger partial charge in [0.2, 0.25) is 0 Å². The molecule has 1 saturated heterocycles. The number of anilines is 2. The number of aryl methyl sites for hydroxylation is 2. The summed E-state index contributed by atoms with van der Waals surface area (Å²) in [5.74, 6) is 0.358. The SMILES string of the molecule is CCc1cc(Nc2cc(=O)n(CCCCOC(=O)N3CCOCC3)c(=O)[nH]2)ccc1C. The first-order valence-electron chi connectivity index (χ1n) is 10.7. The fourth-order valence-electron chi connectivity index (χ4n) is 3.45. The van der Waals surface area contributed by atoms with Crippen LogP contribution in [0, 0.1) is 6.92 Å². The minimum Gasteiger partial charge on any atom is -0.449 e. The first-order valence-corrected chi connectivity index (χ1v) is 10.7. The number of aromatic nitrogens is 2. The van der Waals surface area contributed by atoms with E-state index in [2.05, 4.69) is 24.1 Å². The lowest BCUT2D eigenvalue weighted by Crippen LogP contribution is -2.41. The maximum Gasteiger partial charge on any atom is 0.409 e. The highest BCUT2D eigenvalue weighted by Gasteiger charge is 2.17. The largest absolute Gasteiger partial charge is 0.449 e. The van der Waals surface area contributed by atoms with Gasteiger partial charge in [-0.15, -0.1) is 0 Å². The normalized spacial score (nSPS) is 13.8. The van der Waals surface area contributed by atoms with E-state index in [-0.39, 0.29) is 24.8 Å². The number of nitrogens with one attached hydrogen (secondary N) is 2. The Balaban J connectivity index is 1.50. The fourth-order valence-corrected chi connectivity index (χ4v) is 3.45. The zero-order chi connectivity index (χ0) is 22.2. The van der Waals surface area contributed by atoms with Crippen LogP contribution in [0.2, 0.25) is 0 Å². The number of H-pyrrole nitrogens is 1. The number of rotatable bonds is 8. The average Bonchev–Trinajstić information content (AvgIpc) is 2.77. The molecule has 1 amide bonds. The Morgan fingerprint density at radius 1 is 1.19 bits per heavy atom. The number of ether oxygens (including phenoxy) is 2. The maximum atomic E-state index is 12.4. The second-order valence-electron chi connectivity index (χ2n) is 7.52. The van der Waals surface area contributed by atoms with Crippen molar-refractivity contribution in [1.29, 1.82) is 0 Å². The summed E-state index contributed by atoms with van der Waals surface area (Å²) in [6.45, 7) is 6.75. The Kier molecular flexibility index (Phi) is 7.88. The van der Waals surface area contributed by atoms with Crippen LogP contribution in [0.3, 0.4) is 0 Å². The second-order valence-corrected chi connectivity index (χ2v) is 7.52. The summed E-state index contributed by atoms with van der Waals surface area (Å²) in [5.41, 5.74) is 2.38. The molecule has 1 aromatic carbocycles. The summed E-state index contributed by atoms with van der Waals surface area (Å²) >= 11 is 0. The van der Waals surface area contributed by atoms with E-state index in [0.717, 1.165) is 16.7 Å². The second kappa shape index (κ2) is 10.8. The third-order valence-electron chi connectivity index (χ3n) is 5.30. The van der Waals surface area contributed by atoms with Gasteiger partial charge in [-0.3, -0.25) is 14.3 Å². The quantitative estimate of drug-likeness (QED) is 0.623. The first-order chi connectivity index (χ1) is 15.0. The van der Waals surface area contributed by atoms with Gasteiger partial charge < -0.3 is 19.7 Å². The number of morpholine rings is 1. The van der Waals surface area contributed by atoms with Gasteiger partial charge in [0.05, 0.1) is 19.8 Å². The van der Waals surface area contributed by atoms with Crippen molar-refractivity contribution in [2.45, 2.75) is 39.7 Å². The van der Waals surface area contributed by atoms with E-state index in [0.29, 0.717) is 45.0 Å². The first kappa shape index (κ1) is 22.6. The highest BCUT2D eigenvalue weighted by atomic mass is 16.6. The Morgan fingerprint density at radius 3 is 2.68 bits per heavy atom. The molecule has 3 rings (SSSR count). The van der Waals surface area contributed by atoms with E-state index < -0.39 is 5.69 Å². The summed E-state index contributed by atoms with van der Waals surface area (Å²) in [4.78, 5) is 41.0. The van der Waals surface area contributed by atoms with E-state index in [1.807, 2.05) is 18.2 Å². The van der Waals surface area contributed by atoms with Crippen molar-refractivity contribution < 1.29 is 14.3 Å². The molecule has 0 spiro atoms. The zero-order valence-corrected chi connectivity index (χ0v) is 18.1.